The normalized spacial score (nSPS) is 14.4. The minimum Gasteiger partial charge on any atom is -0.490 e. The maximum atomic E-state index is 5.79. The SMILES string of the molecule is CSCCN=C(NCCc1ccc2c(c1)OCO2)Nc1ccc2c(c1)OCCCO2.I. The predicted molar refractivity (Wildman–Crippen MR) is 136 cm³/mol. The van der Waals surface area contributed by atoms with Crippen molar-refractivity contribution in [3.05, 3.63) is 42.0 Å². The molecule has 2 aromatic carbocycles. The second-order valence-electron chi connectivity index (χ2n) is 6.92. The van der Waals surface area contributed by atoms with Crippen LogP contribution in [0.1, 0.15) is 12.0 Å². The van der Waals surface area contributed by atoms with Crippen LogP contribution in [0.25, 0.3) is 0 Å². The van der Waals surface area contributed by atoms with Crippen LogP contribution in [-0.2, 0) is 6.42 Å². The van der Waals surface area contributed by atoms with Crippen LogP contribution >= 0.6 is 35.7 Å². The highest BCUT2D eigenvalue weighted by Crippen LogP contribution is 2.33. The van der Waals surface area contributed by atoms with Crippen molar-refractivity contribution in [1.29, 1.82) is 0 Å². The van der Waals surface area contributed by atoms with E-state index in [9.17, 15) is 0 Å². The number of rotatable bonds is 7. The molecule has 2 N–H and O–H groups in total. The highest BCUT2D eigenvalue weighted by Gasteiger charge is 2.14. The Balaban J connectivity index is 0.00000272. The van der Waals surface area contributed by atoms with Crippen LogP contribution in [0.15, 0.2) is 41.4 Å². The number of hydrogen-bond donors (Lipinski definition) is 2. The summed E-state index contributed by atoms with van der Waals surface area (Å²) >= 11 is 1.78. The van der Waals surface area contributed by atoms with Crippen molar-refractivity contribution in [2.75, 3.05) is 50.4 Å². The molecule has 9 heteroatoms. The molecule has 0 saturated heterocycles. The molecule has 0 saturated carbocycles. The molecule has 0 spiro atoms. The van der Waals surface area contributed by atoms with E-state index < -0.39 is 0 Å². The summed E-state index contributed by atoms with van der Waals surface area (Å²) < 4.78 is 22.3. The van der Waals surface area contributed by atoms with Gasteiger partial charge in [-0.1, -0.05) is 6.07 Å². The Morgan fingerprint density at radius 1 is 0.968 bits per heavy atom. The topological polar surface area (TPSA) is 73.3 Å². The van der Waals surface area contributed by atoms with Crippen molar-refractivity contribution < 1.29 is 18.9 Å². The van der Waals surface area contributed by atoms with Crippen LogP contribution in [0.4, 0.5) is 5.69 Å². The maximum absolute atomic E-state index is 5.79. The average Bonchev–Trinajstić information content (AvgIpc) is 3.10. The van der Waals surface area contributed by atoms with Gasteiger partial charge in [0.05, 0.1) is 19.8 Å². The highest BCUT2D eigenvalue weighted by molar-refractivity contribution is 14.0. The van der Waals surface area contributed by atoms with Gasteiger partial charge in [0.25, 0.3) is 0 Å². The van der Waals surface area contributed by atoms with Crippen LogP contribution in [0.2, 0.25) is 0 Å². The third kappa shape index (κ3) is 6.73. The van der Waals surface area contributed by atoms with Crippen LogP contribution in [0.5, 0.6) is 23.0 Å². The number of aliphatic imine (C=N–C) groups is 1. The van der Waals surface area contributed by atoms with Gasteiger partial charge in [0.2, 0.25) is 6.79 Å². The van der Waals surface area contributed by atoms with Crippen molar-refractivity contribution in [2.24, 2.45) is 4.99 Å². The highest BCUT2D eigenvalue weighted by atomic mass is 127. The number of ether oxygens (including phenoxy) is 4. The summed E-state index contributed by atoms with van der Waals surface area (Å²) in [6.45, 7) is 3.13. The van der Waals surface area contributed by atoms with Gasteiger partial charge in [-0.05, 0) is 42.5 Å². The van der Waals surface area contributed by atoms with E-state index in [0.717, 1.165) is 66.3 Å². The van der Waals surface area contributed by atoms with E-state index in [1.807, 2.05) is 30.3 Å². The van der Waals surface area contributed by atoms with E-state index in [-0.39, 0.29) is 24.0 Å². The molecular formula is C22H28IN3O4S. The van der Waals surface area contributed by atoms with Gasteiger partial charge in [0.1, 0.15) is 0 Å². The van der Waals surface area contributed by atoms with Gasteiger partial charge in [-0.3, -0.25) is 4.99 Å². The van der Waals surface area contributed by atoms with E-state index in [1.54, 1.807) is 11.8 Å². The first-order chi connectivity index (χ1) is 14.8. The molecule has 31 heavy (non-hydrogen) atoms. The zero-order valence-electron chi connectivity index (χ0n) is 17.5. The molecule has 0 fully saturated rings. The van der Waals surface area contributed by atoms with Crippen LogP contribution in [-0.4, -0.2) is 51.1 Å². The van der Waals surface area contributed by atoms with Crippen molar-refractivity contribution in [1.82, 2.24) is 5.32 Å². The summed E-state index contributed by atoms with van der Waals surface area (Å²) in [6, 6.07) is 11.9. The quantitative estimate of drug-likeness (QED) is 0.229. The Hall–Kier alpha value is -2.01. The Morgan fingerprint density at radius 2 is 1.71 bits per heavy atom. The molecule has 2 aliphatic rings. The van der Waals surface area contributed by atoms with Gasteiger partial charge in [0, 0.05) is 30.5 Å². The number of nitrogens with zero attached hydrogens (tertiary/aromatic N) is 1. The Bertz CT molecular complexity index is 897. The number of guanidine groups is 1. The lowest BCUT2D eigenvalue weighted by atomic mass is 10.1. The van der Waals surface area contributed by atoms with E-state index in [2.05, 4.69) is 27.9 Å². The van der Waals surface area contributed by atoms with Crippen molar-refractivity contribution in [3.63, 3.8) is 0 Å². The molecule has 0 amide bonds. The molecule has 168 valence electrons. The maximum Gasteiger partial charge on any atom is 0.231 e. The summed E-state index contributed by atoms with van der Waals surface area (Å²) in [4.78, 5) is 4.69. The summed E-state index contributed by atoms with van der Waals surface area (Å²) in [7, 11) is 0. The second-order valence-corrected chi connectivity index (χ2v) is 7.91. The predicted octanol–water partition coefficient (Wildman–Crippen LogP) is 4.16. The molecule has 0 atom stereocenters. The number of benzene rings is 2. The van der Waals surface area contributed by atoms with Gasteiger partial charge in [-0.2, -0.15) is 11.8 Å². The lowest BCUT2D eigenvalue weighted by Gasteiger charge is -2.15. The monoisotopic (exact) mass is 557 g/mol. The number of halogens is 1. The number of anilines is 1. The fourth-order valence-corrected chi connectivity index (χ4v) is 3.46. The molecule has 2 heterocycles. The number of thioether (sulfide) groups is 1. The minimum absolute atomic E-state index is 0. The lowest BCUT2D eigenvalue weighted by molar-refractivity contribution is 0.174. The van der Waals surface area contributed by atoms with E-state index in [4.69, 9.17) is 18.9 Å². The van der Waals surface area contributed by atoms with Gasteiger partial charge in [-0.25, -0.2) is 0 Å². The molecule has 2 aromatic rings. The minimum atomic E-state index is 0. The molecule has 2 aliphatic heterocycles. The average molecular weight is 557 g/mol. The zero-order valence-corrected chi connectivity index (χ0v) is 20.7. The fourth-order valence-electron chi connectivity index (χ4n) is 3.19. The van der Waals surface area contributed by atoms with Crippen molar-refractivity contribution in [3.8, 4) is 23.0 Å². The molecule has 0 aromatic heterocycles. The first-order valence-electron chi connectivity index (χ1n) is 10.1. The van der Waals surface area contributed by atoms with Gasteiger partial charge < -0.3 is 29.6 Å². The molecule has 7 nitrogen and oxygen atoms in total. The Labute approximate surface area is 204 Å². The standard InChI is InChI=1S/C22H27N3O4S.HI/c1-30-12-9-24-22(23-8-7-16-3-5-19-20(13-16)29-15-28-19)25-17-4-6-18-21(14-17)27-11-2-10-26-18;/h3-6,13-14H,2,7-12,15H2,1H3,(H2,23,24,25);1H. The van der Waals surface area contributed by atoms with Crippen molar-refractivity contribution >= 4 is 47.4 Å². The van der Waals surface area contributed by atoms with Gasteiger partial charge in [0.15, 0.2) is 29.0 Å². The van der Waals surface area contributed by atoms with Crippen LogP contribution in [0.3, 0.4) is 0 Å². The lowest BCUT2D eigenvalue weighted by Crippen LogP contribution is -2.32. The van der Waals surface area contributed by atoms with Crippen LogP contribution < -0.4 is 29.6 Å². The third-order valence-corrected chi connectivity index (χ3v) is 5.31. The Kier molecular flexibility index (Phi) is 9.26. The first-order valence-corrected chi connectivity index (χ1v) is 11.5. The summed E-state index contributed by atoms with van der Waals surface area (Å²) in [6.07, 6.45) is 3.82. The zero-order chi connectivity index (χ0) is 20.6. The van der Waals surface area contributed by atoms with E-state index in [0.29, 0.717) is 20.0 Å². The summed E-state index contributed by atoms with van der Waals surface area (Å²) in [5.74, 6) is 4.89. The van der Waals surface area contributed by atoms with Crippen molar-refractivity contribution in [2.45, 2.75) is 12.8 Å². The van der Waals surface area contributed by atoms with E-state index >= 15 is 0 Å². The molecule has 0 unspecified atom stereocenters. The fraction of sp³-hybridized carbons (Fsp3) is 0.409. The second kappa shape index (κ2) is 12.1. The third-order valence-electron chi connectivity index (χ3n) is 4.72. The van der Waals surface area contributed by atoms with Crippen LogP contribution in [0, 0.1) is 0 Å². The van der Waals surface area contributed by atoms with E-state index in [1.165, 1.54) is 5.56 Å². The van der Waals surface area contributed by atoms with Gasteiger partial charge in [-0.15, -0.1) is 24.0 Å². The molecule has 0 bridgehead atoms. The van der Waals surface area contributed by atoms with Gasteiger partial charge >= 0.3 is 0 Å². The number of fused-ring (bicyclic) bond motifs is 2. The summed E-state index contributed by atoms with van der Waals surface area (Å²) in [5, 5.41) is 6.81. The largest absolute Gasteiger partial charge is 0.490 e. The Morgan fingerprint density at radius 3 is 2.58 bits per heavy atom. The smallest absolute Gasteiger partial charge is 0.231 e. The number of nitrogens with one attached hydrogen (secondary N) is 2. The molecule has 4 rings (SSSR count). The molecular weight excluding hydrogens is 529 g/mol. The molecule has 0 radical (unpaired) electrons. The number of hydrogen-bond acceptors (Lipinski definition) is 6. The first kappa shape index (κ1) is 23.6. The summed E-state index contributed by atoms with van der Waals surface area (Å²) in [5.41, 5.74) is 2.10. The molecule has 0 aliphatic carbocycles.